The van der Waals surface area contributed by atoms with E-state index in [-0.39, 0.29) is 13.2 Å². The minimum atomic E-state index is -3.61. The number of nitrogens with zero attached hydrogens (tertiary/aromatic N) is 2. The number of methoxy groups -OCH3 is 1. The summed E-state index contributed by atoms with van der Waals surface area (Å²) in [5.74, 6) is 0.409. The van der Waals surface area contributed by atoms with E-state index in [9.17, 15) is 8.42 Å². The van der Waals surface area contributed by atoms with Crippen molar-refractivity contribution in [3.05, 3.63) is 18.3 Å². The molecule has 0 atom stereocenters. The maximum absolute atomic E-state index is 11.8. The summed E-state index contributed by atoms with van der Waals surface area (Å²) in [5, 5.41) is 8.66. The first-order valence-electron chi connectivity index (χ1n) is 5.34. The van der Waals surface area contributed by atoms with Gasteiger partial charge in [0, 0.05) is 26.3 Å². The number of rotatable bonds is 7. The molecule has 0 saturated heterocycles. The number of hydrogen-bond donors (Lipinski definition) is 2. The summed E-state index contributed by atoms with van der Waals surface area (Å²) in [6.45, 7) is 0.194. The minimum absolute atomic E-state index is 0.0516. The molecule has 1 aromatic rings. The number of aliphatic hydroxyl groups excluding tert-OH is 1. The lowest BCUT2D eigenvalue weighted by atomic mass is 10.4. The third kappa shape index (κ3) is 4.13. The van der Waals surface area contributed by atoms with Gasteiger partial charge in [0.15, 0.2) is 0 Å². The van der Waals surface area contributed by atoms with Crippen molar-refractivity contribution in [2.24, 2.45) is 0 Å². The van der Waals surface area contributed by atoms with Crippen LogP contribution in [0, 0.1) is 0 Å². The minimum Gasteiger partial charge on any atom is -0.481 e. The normalized spacial score (nSPS) is 11.6. The second kappa shape index (κ2) is 6.53. The van der Waals surface area contributed by atoms with Crippen molar-refractivity contribution in [2.75, 3.05) is 32.0 Å². The molecule has 7 nitrogen and oxygen atoms in total. The average molecular weight is 275 g/mol. The van der Waals surface area contributed by atoms with Crippen LogP contribution in [-0.2, 0) is 10.2 Å². The van der Waals surface area contributed by atoms with Crippen molar-refractivity contribution in [1.82, 2.24) is 9.29 Å². The smallest absolute Gasteiger partial charge is 0.301 e. The van der Waals surface area contributed by atoms with Gasteiger partial charge >= 0.3 is 10.2 Å². The van der Waals surface area contributed by atoms with Gasteiger partial charge in [0.25, 0.3) is 0 Å². The summed E-state index contributed by atoms with van der Waals surface area (Å²) in [7, 11) is -0.693. The van der Waals surface area contributed by atoms with Gasteiger partial charge < -0.3 is 9.84 Å². The van der Waals surface area contributed by atoms with Crippen LogP contribution in [0.25, 0.3) is 0 Å². The maximum Gasteiger partial charge on any atom is 0.301 e. The van der Waals surface area contributed by atoms with Crippen molar-refractivity contribution >= 4 is 15.9 Å². The third-order valence-electron chi connectivity index (χ3n) is 2.23. The molecule has 1 aromatic heterocycles. The van der Waals surface area contributed by atoms with Crippen molar-refractivity contribution in [2.45, 2.75) is 6.42 Å². The second-order valence-corrected chi connectivity index (χ2v) is 5.37. The molecule has 0 unspecified atom stereocenters. The Morgan fingerprint density at radius 1 is 1.50 bits per heavy atom. The lowest BCUT2D eigenvalue weighted by molar-refractivity contribution is 0.276. The van der Waals surface area contributed by atoms with E-state index in [1.807, 2.05) is 0 Å². The Morgan fingerprint density at radius 2 is 2.22 bits per heavy atom. The Bertz CT molecular complexity index is 461. The number of pyridine rings is 1. The quantitative estimate of drug-likeness (QED) is 0.734. The van der Waals surface area contributed by atoms with Crippen LogP contribution < -0.4 is 9.46 Å². The molecule has 0 aliphatic heterocycles. The average Bonchev–Trinajstić information content (AvgIpc) is 2.36. The van der Waals surface area contributed by atoms with Gasteiger partial charge in [-0.3, -0.25) is 4.72 Å². The molecule has 0 bridgehead atoms. The van der Waals surface area contributed by atoms with E-state index in [4.69, 9.17) is 9.84 Å². The highest BCUT2D eigenvalue weighted by atomic mass is 32.2. The first kappa shape index (κ1) is 14.7. The van der Waals surface area contributed by atoms with E-state index in [1.54, 1.807) is 12.1 Å². The molecule has 8 heteroatoms. The van der Waals surface area contributed by atoms with Gasteiger partial charge in [0.1, 0.15) is 0 Å². The standard InChI is InChI=1S/C10H17N3O4S/c1-13(6-3-7-14)18(15,16)12-9-4-5-10(17-2)11-8-9/h4-5,8,12,14H,3,6-7H2,1-2H3. The SMILES string of the molecule is COc1ccc(NS(=O)(=O)N(C)CCCO)cn1. The van der Waals surface area contributed by atoms with Gasteiger partial charge in [0.2, 0.25) is 5.88 Å². The third-order valence-corrected chi connectivity index (χ3v) is 3.73. The molecule has 0 aromatic carbocycles. The molecule has 0 saturated carbocycles. The first-order valence-corrected chi connectivity index (χ1v) is 6.78. The second-order valence-electron chi connectivity index (χ2n) is 3.60. The number of aromatic nitrogens is 1. The molecule has 0 amide bonds. The molecular formula is C10H17N3O4S. The van der Waals surface area contributed by atoms with Gasteiger partial charge in [-0.15, -0.1) is 0 Å². The zero-order valence-corrected chi connectivity index (χ0v) is 11.1. The van der Waals surface area contributed by atoms with Gasteiger partial charge in [-0.1, -0.05) is 0 Å². The lowest BCUT2D eigenvalue weighted by Gasteiger charge is -2.17. The topological polar surface area (TPSA) is 91.8 Å². The van der Waals surface area contributed by atoms with Crippen LogP contribution in [0.1, 0.15) is 6.42 Å². The van der Waals surface area contributed by atoms with Crippen LogP contribution in [0.4, 0.5) is 5.69 Å². The number of aliphatic hydroxyl groups is 1. The van der Waals surface area contributed by atoms with Gasteiger partial charge in [-0.2, -0.15) is 12.7 Å². The molecule has 2 N–H and O–H groups in total. The van der Waals surface area contributed by atoms with E-state index in [2.05, 4.69) is 9.71 Å². The van der Waals surface area contributed by atoms with Crippen LogP contribution in [0.2, 0.25) is 0 Å². The Balaban J connectivity index is 2.69. The Morgan fingerprint density at radius 3 is 2.72 bits per heavy atom. The molecule has 0 radical (unpaired) electrons. The van der Waals surface area contributed by atoms with Crippen molar-refractivity contribution in [3.8, 4) is 5.88 Å². The molecule has 1 heterocycles. The van der Waals surface area contributed by atoms with Crippen molar-refractivity contribution < 1.29 is 18.3 Å². The fourth-order valence-corrected chi connectivity index (χ4v) is 2.15. The maximum atomic E-state index is 11.8. The summed E-state index contributed by atoms with van der Waals surface area (Å²) >= 11 is 0. The monoisotopic (exact) mass is 275 g/mol. The molecule has 102 valence electrons. The summed E-state index contributed by atoms with van der Waals surface area (Å²) in [5.41, 5.74) is 0.353. The number of nitrogens with one attached hydrogen (secondary N) is 1. The predicted octanol–water partition coefficient (Wildman–Crippen LogP) is 0.0611. The van der Waals surface area contributed by atoms with Gasteiger partial charge in [-0.25, -0.2) is 4.98 Å². The highest BCUT2D eigenvalue weighted by molar-refractivity contribution is 7.90. The van der Waals surface area contributed by atoms with Crippen LogP contribution in [0.5, 0.6) is 5.88 Å². The number of anilines is 1. The predicted molar refractivity (Wildman–Crippen MR) is 67.7 cm³/mol. The van der Waals surface area contributed by atoms with Crippen molar-refractivity contribution in [1.29, 1.82) is 0 Å². The molecule has 0 spiro atoms. The Labute approximate surface area is 107 Å². The van der Waals surface area contributed by atoms with Gasteiger partial charge in [-0.05, 0) is 12.5 Å². The zero-order chi connectivity index (χ0) is 13.6. The highest BCUT2D eigenvalue weighted by Gasteiger charge is 2.16. The van der Waals surface area contributed by atoms with Crippen molar-refractivity contribution in [3.63, 3.8) is 0 Å². The number of hydrogen-bond acceptors (Lipinski definition) is 5. The van der Waals surface area contributed by atoms with Crippen LogP contribution in [0.15, 0.2) is 18.3 Å². The number of ether oxygens (including phenoxy) is 1. The van der Waals surface area contributed by atoms with E-state index < -0.39 is 10.2 Å². The molecule has 0 aliphatic carbocycles. The Kier molecular flexibility index (Phi) is 5.32. The van der Waals surface area contributed by atoms with Gasteiger partial charge in [0.05, 0.1) is 19.0 Å². The molecule has 0 fully saturated rings. The summed E-state index contributed by atoms with van der Waals surface area (Å²) in [4.78, 5) is 3.90. The molecule has 1 rings (SSSR count). The van der Waals surface area contributed by atoms with Crippen LogP contribution >= 0.6 is 0 Å². The van der Waals surface area contributed by atoms with Crippen LogP contribution in [-0.4, -0.2) is 50.1 Å². The zero-order valence-electron chi connectivity index (χ0n) is 10.3. The lowest BCUT2D eigenvalue weighted by Crippen LogP contribution is -2.33. The fourth-order valence-electron chi connectivity index (χ4n) is 1.20. The molecule has 0 aliphatic rings. The molecule has 18 heavy (non-hydrogen) atoms. The summed E-state index contributed by atoms with van der Waals surface area (Å²) < 4.78 is 32.1. The van der Waals surface area contributed by atoms with E-state index in [0.29, 0.717) is 18.0 Å². The van der Waals surface area contributed by atoms with E-state index >= 15 is 0 Å². The largest absolute Gasteiger partial charge is 0.481 e. The molecular weight excluding hydrogens is 258 g/mol. The van der Waals surface area contributed by atoms with E-state index in [0.717, 1.165) is 4.31 Å². The fraction of sp³-hybridized carbons (Fsp3) is 0.500. The summed E-state index contributed by atoms with van der Waals surface area (Å²) in [6.07, 6.45) is 1.76. The van der Waals surface area contributed by atoms with Crippen LogP contribution in [0.3, 0.4) is 0 Å². The Hall–Kier alpha value is -1.38. The summed E-state index contributed by atoms with van der Waals surface area (Å²) in [6, 6.07) is 3.12. The van der Waals surface area contributed by atoms with E-state index in [1.165, 1.54) is 20.4 Å². The first-order chi connectivity index (χ1) is 8.49. The highest BCUT2D eigenvalue weighted by Crippen LogP contribution is 2.13.